The molecule has 96 valence electrons. The fraction of sp³-hybridized carbons (Fsp3) is 0.154. The molecule has 2 amide bonds. The van der Waals surface area contributed by atoms with Crippen LogP contribution in [0.5, 0.6) is 0 Å². The van der Waals surface area contributed by atoms with Gasteiger partial charge in [-0.2, -0.15) is 0 Å². The SMILES string of the molecule is O=C(Nc1cccnc1)c1ccn2c1C(=O)NCC2. The minimum atomic E-state index is -0.307. The minimum Gasteiger partial charge on any atom is -0.349 e. The molecule has 1 aliphatic heterocycles. The van der Waals surface area contributed by atoms with Crippen molar-refractivity contribution in [2.75, 3.05) is 11.9 Å². The van der Waals surface area contributed by atoms with Crippen molar-refractivity contribution < 1.29 is 9.59 Å². The highest BCUT2D eigenvalue weighted by Crippen LogP contribution is 2.16. The summed E-state index contributed by atoms with van der Waals surface area (Å²) < 4.78 is 1.79. The molecule has 2 N–H and O–H groups in total. The number of amides is 2. The first-order chi connectivity index (χ1) is 9.25. The van der Waals surface area contributed by atoms with Crippen LogP contribution in [0.3, 0.4) is 0 Å². The van der Waals surface area contributed by atoms with E-state index in [4.69, 9.17) is 0 Å². The molecule has 2 aromatic rings. The summed E-state index contributed by atoms with van der Waals surface area (Å²) in [5.41, 5.74) is 1.39. The molecule has 6 heteroatoms. The molecule has 0 aromatic carbocycles. The monoisotopic (exact) mass is 256 g/mol. The molecule has 0 radical (unpaired) electrons. The second-order valence-electron chi connectivity index (χ2n) is 4.22. The number of pyridine rings is 1. The number of hydrogen-bond donors (Lipinski definition) is 2. The Bertz CT molecular complexity index is 633. The Kier molecular flexibility index (Phi) is 2.75. The van der Waals surface area contributed by atoms with Gasteiger partial charge in [0.25, 0.3) is 11.8 Å². The lowest BCUT2D eigenvalue weighted by Gasteiger charge is -2.16. The fourth-order valence-electron chi connectivity index (χ4n) is 2.10. The average molecular weight is 256 g/mol. The maximum absolute atomic E-state index is 12.2. The largest absolute Gasteiger partial charge is 0.349 e. The van der Waals surface area contributed by atoms with Gasteiger partial charge in [-0.3, -0.25) is 14.6 Å². The molecule has 1 aliphatic rings. The minimum absolute atomic E-state index is 0.215. The Labute approximate surface area is 109 Å². The van der Waals surface area contributed by atoms with E-state index in [-0.39, 0.29) is 11.8 Å². The van der Waals surface area contributed by atoms with Gasteiger partial charge in [0.15, 0.2) is 0 Å². The number of carbonyl (C=O) groups is 2. The van der Waals surface area contributed by atoms with Gasteiger partial charge in [-0.1, -0.05) is 0 Å². The Balaban J connectivity index is 1.89. The van der Waals surface area contributed by atoms with Crippen LogP contribution in [0, 0.1) is 0 Å². The molecule has 0 atom stereocenters. The van der Waals surface area contributed by atoms with E-state index in [1.807, 2.05) is 0 Å². The Morgan fingerprint density at radius 2 is 2.32 bits per heavy atom. The molecule has 0 unspecified atom stereocenters. The van der Waals surface area contributed by atoms with E-state index >= 15 is 0 Å². The first kappa shape index (κ1) is 11.5. The van der Waals surface area contributed by atoms with E-state index in [9.17, 15) is 9.59 Å². The molecule has 0 saturated carbocycles. The average Bonchev–Trinajstić information content (AvgIpc) is 2.85. The third-order valence-corrected chi connectivity index (χ3v) is 2.98. The lowest BCUT2D eigenvalue weighted by molar-refractivity contribution is 0.0916. The quantitative estimate of drug-likeness (QED) is 0.837. The van der Waals surface area contributed by atoms with E-state index in [0.29, 0.717) is 30.0 Å². The van der Waals surface area contributed by atoms with Crippen LogP contribution < -0.4 is 10.6 Å². The number of nitrogens with zero attached hydrogens (tertiary/aromatic N) is 2. The summed E-state index contributed by atoms with van der Waals surface area (Å²) in [6.45, 7) is 1.27. The number of anilines is 1. The molecule has 0 spiro atoms. The van der Waals surface area contributed by atoms with Crippen LogP contribution in [0.2, 0.25) is 0 Å². The van der Waals surface area contributed by atoms with Crippen LogP contribution in [0.1, 0.15) is 20.8 Å². The second-order valence-corrected chi connectivity index (χ2v) is 4.22. The first-order valence-corrected chi connectivity index (χ1v) is 5.94. The third-order valence-electron chi connectivity index (χ3n) is 2.98. The Morgan fingerprint density at radius 3 is 3.11 bits per heavy atom. The smallest absolute Gasteiger partial charge is 0.268 e. The standard InChI is InChI=1S/C13H12N4O2/c18-12(16-9-2-1-4-14-8-9)10-3-6-17-7-5-15-13(19)11(10)17/h1-4,6,8H,5,7H2,(H,15,19)(H,16,18). The van der Waals surface area contributed by atoms with Gasteiger partial charge in [0.1, 0.15) is 5.69 Å². The van der Waals surface area contributed by atoms with E-state index in [2.05, 4.69) is 15.6 Å². The maximum Gasteiger partial charge on any atom is 0.268 e. The molecule has 2 aromatic heterocycles. The number of nitrogens with one attached hydrogen (secondary N) is 2. The van der Waals surface area contributed by atoms with Crippen LogP contribution in [0.15, 0.2) is 36.8 Å². The van der Waals surface area contributed by atoms with Crippen molar-refractivity contribution in [2.45, 2.75) is 6.54 Å². The molecule has 6 nitrogen and oxygen atoms in total. The van der Waals surface area contributed by atoms with Crippen molar-refractivity contribution >= 4 is 17.5 Å². The Hall–Kier alpha value is -2.63. The van der Waals surface area contributed by atoms with Gasteiger partial charge in [-0.15, -0.1) is 0 Å². The van der Waals surface area contributed by atoms with Crippen LogP contribution >= 0.6 is 0 Å². The molecule has 0 fully saturated rings. The van der Waals surface area contributed by atoms with Gasteiger partial charge in [-0.05, 0) is 18.2 Å². The van der Waals surface area contributed by atoms with Crippen molar-refractivity contribution in [2.24, 2.45) is 0 Å². The van der Waals surface area contributed by atoms with Crippen molar-refractivity contribution in [1.29, 1.82) is 0 Å². The molecular formula is C13H12N4O2. The lowest BCUT2D eigenvalue weighted by atomic mass is 10.2. The topological polar surface area (TPSA) is 76.0 Å². The van der Waals surface area contributed by atoms with Gasteiger partial charge >= 0.3 is 0 Å². The summed E-state index contributed by atoms with van der Waals surface area (Å²) in [4.78, 5) is 27.9. The fourth-order valence-corrected chi connectivity index (χ4v) is 2.10. The third kappa shape index (κ3) is 2.08. The van der Waals surface area contributed by atoms with Crippen molar-refractivity contribution in [3.63, 3.8) is 0 Å². The molecule has 3 rings (SSSR count). The highest BCUT2D eigenvalue weighted by Gasteiger charge is 2.24. The Morgan fingerprint density at radius 1 is 1.42 bits per heavy atom. The summed E-state index contributed by atoms with van der Waals surface area (Å²) in [6, 6.07) is 5.14. The van der Waals surface area contributed by atoms with Crippen molar-refractivity contribution in [1.82, 2.24) is 14.9 Å². The van der Waals surface area contributed by atoms with E-state index in [1.54, 1.807) is 41.4 Å². The summed E-state index contributed by atoms with van der Waals surface area (Å²) in [5, 5.41) is 5.45. The number of carbonyl (C=O) groups excluding carboxylic acids is 2. The molecule has 0 saturated heterocycles. The maximum atomic E-state index is 12.2. The van der Waals surface area contributed by atoms with Gasteiger partial charge in [0.2, 0.25) is 0 Å². The number of fused-ring (bicyclic) bond motifs is 1. The summed E-state index contributed by atoms with van der Waals surface area (Å²) in [5.74, 6) is -0.522. The zero-order chi connectivity index (χ0) is 13.2. The first-order valence-electron chi connectivity index (χ1n) is 5.94. The predicted octanol–water partition coefficient (Wildman–Crippen LogP) is 0.879. The zero-order valence-electron chi connectivity index (χ0n) is 10.1. The summed E-state index contributed by atoms with van der Waals surface area (Å²) in [7, 11) is 0. The summed E-state index contributed by atoms with van der Waals surface area (Å²) >= 11 is 0. The molecule has 0 bridgehead atoms. The van der Waals surface area contributed by atoms with Crippen LogP contribution in [-0.2, 0) is 6.54 Å². The zero-order valence-corrected chi connectivity index (χ0v) is 10.1. The van der Waals surface area contributed by atoms with Gasteiger partial charge in [-0.25, -0.2) is 0 Å². The van der Waals surface area contributed by atoms with Crippen LogP contribution in [-0.4, -0.2) is 27.9 Å². The second kappa shape index (κ2) is 4.56. The molecular weight excluding hydrogens is 244 g/mol. The molecule has 19 heavy (non-hydrogen) atoms. The van der Waals surface area contributed by atoms with E-state index < -0.39 is 0 Å². The molecule has 3 heterocycles. The van der Waals surface area contributed by atoms with Gasteiger partial charge < -0.3 is 15.2 Å². The van der Waals surface area contributed by atoms with Crippen LogP contribution in [0.25, 0.3) is 0 Å². The van der Waals surface area contributed by atoms with Crippen molar-refractivity contribution in [3.05, 3.63) is 48.0 Å². The number of hydrogen-bond acceptors (Lipinski definition) is 3. The van der Waals surface area contributed by atoms with Crippen LogP contribution in [0.4, 0.5) is 5.69 Å². The lowest BCUT2D eigenvalue weighted by Crippen LogP contribution is -2.36. The van der Waals surface area contributed by atoms with Gasteiger partial charge in [0, 0.05) is 25.5 Å². The van der Waals surface area contributed by atoms with Gasteiger partial charge in [0.05, 0.1) is 17.4 Å². The number of aromatic nitrogens is 2. The highest BCUT2D eigenvalue weighted by molar-refractivity contribution is 6.11. The number of rotatable bonds is 2. The normalized spacial score (nSPS) is 13.6. The predicted molar refractivity (Wildman–Crippen MR) is 69.0 cm³/mol. The van der Waals surface area contributed by atoms with E-state index in [0.717, 1.165) is 0 Å². The molecule has 0 aliphatic carbocycles. The summed E-state index contributed by atoms with van der Waals surface area (Å²) in [6.07, 6.45) is 4.94. The van der Waals surface area contributed by atoms with E-state index in [1.165, 1.54) is 0 Å². The highest BCUT2D eigenvalue weighted by atomic mass is 16.2. The van der Waals surface area contributed by atoms with Crippen molar-refractivity contribution in [3.8, 4) is 0 Å².